The fraction of sp³-hybridized carbons (Fsp3) is 0.300. The van der Waals surface area contributed by atoms with E-state index in [1.54, 1.807) is 12.3 Å². The van der Waals surface area contributed by atoms with Gasteiger partial charge in [0.15, 0.2) is 0 Å². The van der Waals surface area contributed by atoms with Crippen LogP contribution in [0, 0.1) is 0 Å². The monoisotopic (exact) mass is 222 g/mol. The van der Waals surface area contributed by atoms with Crippen LogP contribution in [0.1, 0.15) is 0 Å². The second kappa shape index (κ2) is 4.38. The Morgan fingerprint density at radius 1 is 1.50 bits per heavy atom. The molecule has 6 heteroatoms. The molecule has 86 valence electrons. The molecule has 6 nitrogen and oxygen atoms in total. The lowest BCUT2D eigenvalue weighted by atomic mass is 10.2. The van der Waals surface area contributed by atoms with Gasteiger partial charge in [0.05, 0.1) is 35.8 Å². The van der Waals surface area contributed by atoms with Crippen molar-refractivity contribution in [2.24, 2.45) is 0 Å². The van der Waals surface area contributed by atoms with E-state index in [1.807, 2.05) is 6.07 Å². The molecule has 1 atom stereocenters. The van der Waals surface area contributed by atoms with Gasteiger partial charge in [-0.05, 0) is 12.1 Å². The van der Waals surface area contributed by atoms with Gasteiger partial charge in [0.1, 0.15) is 0 Å². The largest absolute Gasteiger partial charge is 0.397 e. The molecule has 0 radical (unpaired) electrons. The Hall–Kier alpha value is -1.79. The number of aromatic nitrogens is 2. The Morgan fingerprint density at radius 3 is 3.06 bits per heavy atom. The number of aromatic amines is 1. The van der Waals surface area contributed by atoms with Crippen molar-refractivity contribution >= 4 is 22.3 Å². The Bertz CT molecular complexity index is 483. The first kappa shape index (κ1) is 10.7. The number of H-pyrrole nitrogens is 1. The summed E-state index contributed by atoms with van der Waals surface area (Å²) in [6.45, 7) is -0.0282. The summed E-state index contributed by atoms with van der Waals surface area (Å²) >= 11 is 0. The molecular weight excluding hydrogens is 208 g/mol. The van der Waals surface area contributed by atoms with Crippen molar-refractivity contribution in [2.75, 3.05) is 24.2 Å². The fourth-order valence-corrected chi connectivity index (χ4v) is 1.45. The zero-order valence-electron chi connectivity index (χ0n) is 8.64. The Balaban J connectivity index is 2.19. The fourth-order valence-electron chi connectivity index (χ4n) is 1.45. The highest BCUT2D eigenvalue weighted by Crippen LogP contribution is 2.24. The van der Waals surface area contributed by atoms with Gasteiger partial charge < -0.3 is 21.3 Å². The standard InChI is InChI=1S/C10H14N4O2/c11-8-1-6-3-13-14-9(6)2-10(8)12-4-7(16)5-15/h1-3,7,12,15-16H,4-5,11H2,(H,13,14). The predicted octanol–water partition coefficient (Wildman–Crippen LogP) is -0.0898. The van der Waals surface area contributed by atoms with E-state index in [0.29, 0.717) is 11.4 Å². The maximum Gasteiger partial charge on any atom is 0.0942 e. The number of nitrogens with zero attached hydrogens (tertiary/aromatic N) is 1. The molecule has 6 N–H and O–H groups in total. The second-order valence-electron chi connectivity index (χ2n) is 3.61. The van der Waals surface area contributed by atoms with Crippen molar-refractivity contribution < 1.29 is 10.2 Å². The maximum absolute atomic E-state index is 9.21. The molecule has 0 spiro atoms. The van der Waals surface area contributed by atoms with Crippen LogP contribution < -0.4 is 11.1 Å². The van der Waals surface area contributed by atoms with Crippen molar-refractivity contribution in [2.45, 2.75) is 6.10 Å². The van der Waals surface area contributed by atoms with Gasteiger partial charge in [-0.3, -0.25) is 5.10 Å². The number of aliphatic hydroxyl groups excluding tert-OH is 2. The first-order valence-corrected chi connectivity index (χ1v) is 4.96. The van der Waals surface area contributed by atoms with Gasteiger partial charge >= 0.3 is 0 Å². The Morgan fingerprint density at radius 2 is 2.31 bits per heavy atom. The van der Waals surface area contributed by atoms with Gasteiger partial charge in [0, 0.05) is 11.9 Å². The lowest BCUT2D eigenvalue weighted by molar-refractivity contribution is 0.105. The van der Waals surface area contributed by atoms with Crippen molar-refractivity contribution in [3.8, 4) is 0 Å². The van der Waals surface area contributed by atoms with Crippen LogP contribution in [0.4, 0.5) is 11.4 Å². The molecule has 1 aromatic carbocycles. The lowest BCUT2D eigenvalue weighted by Gasteiger charge is -2.12. The zero-order valence-corrected chi connectivity index (χ0v) is 8.64. The van der Waals surface area contributed by atoms with Gasteiger partial charge in [-0.15, -0.1) is 0 Å². The van der Waals surface area contributed by atoms with Gasteiger partial charge in [0.2, 0.25) is 0 Å². The molecule has 0 aliphatic rings. The third kappa shape index (κ3) is 2.07. The number of nitrogen functional groups attached to an aromatic ring is 1. The number of rotatable bonds is 4. The van der Waals surface area contributed by atoms with E-state index in [4.69, 9.17) is 10.8 Å². The predicted molar refractivity (Wildman–Crippen MR) is 62.1 cm³/mol. The van der Waals surface area contributed by atoms with E-state index >= 15 is 0 Å². The highest BCUT2D eigenvalue weighted by molar-refractivity contribution is 5.88. The molecular formula is C10H14N4O2. The molecule has 0 aliphatic heterocycles. The minimum atomic E-state index is -0.795. The number of nitrogens with one attached hydrogen (secondary N) is 2. The normalized spacial score (nSPS) is 12.9. The third-order valence-corrected chi connectivity index (χ3v) is 2.35. The minimum Gasteiger partial charge on any atom is -0.397 e. The van der Waals surface area contributed by atoms with Crippen LogP contribution in [0.2, 0.25) is 0 Å². The molecule has 0 saturated carbocycles. The zero-order chi connectivity index (χ0) is 11.5. The summed E-state index contributed by atoms with van der Waals surface area (Å²) in [4.78, 5) is 0. The topological polar surface area (TPSA) is 107 Å². The molecule has 0 amide bonds. The molecule has 1 unspecified atom stereocenters. The molecule has 0 fully saturated rings. The highest BCUT2D eigenvalue weighted by atomic mass is 16.3. The molecule has 0 saturated heterocycles. The summed E-state index contributed by atoms with van der Waals surface area (Å²) in [5.41, 5.74) is 7.99. The van der Waals surface area contributed by atoms with Crippen molar-refractivity contribution in [1.82, 2.24) is 10.2 Å². The smallest absolute Gasteiger partial charge is 0.0942 e. The molecule has 0 aliphatic carbocycles. The van der Waals surface area contributed by atoms with E-state index < -0.39 is 6.10 Å². The average Bonchev–Trinajstić information content (AvgIpc) is 2.72. The van der Waals surface area contributed by atoms with Crippen LogP contribution in [0.5, 0.6) is 0 Å². The van der Waals surface area contributed by atoms with Crippen LogP contribution in [0.15, 0.2) is 18.3 Å². The summed E-state index contributed by atoms with van der Waals surface area (Å²) in [7, 11) is 0. The molecule has 1 heterocycles. The minimum absolute atomic E-state index is 0.250. The van der Waals surface area contributed by atoms with E-state index in [0.717, 1.165) is 10.9 Å². The lowest BCUT2D eigenvalue weighted by Crippen LogP contribution is -2.23. The molecule has 1 aromatic heterocycles. The Labute approximate surface area is 92.1 Å². The van der Waals surface area contributed by atoms with Crippen molar-refractivity contribution in [3.63, 3.8) is 0 Å². The van der Waals surface area contributed by atoms with Crippen LogP contribution in [-0.2, 0) is 0 Å². The van der Waals surface area contributed by atoms with E-state index in [2.05, 4.69) is 15.5 Å². The first-order valence-electron chi connectivity index (χ1n) is 4.96. The van der Waals surface area contributed by atoms with Gasteiger partial charge in [0.25, 0.3) is 0 Å². The molecule has 16 heavy (non-hydrogen) atoms. The number of anilines is 2. The van der Waals surface area contributed by atoms with Gasteiger partial charge in [-0.1, -0.05) is 0 Å². The van der Waals surface area contributed by atoms with Gasteiger partial charge in [-0.2, -0.15) is 5.10 Å². The van der Waals surface area contributed by atoms with Gasteiger partial charge in [-0.25, -0.2) is 0 Å². The summed E-state index contributed by atoms with van der Waals surface area (Å²) in [6.07, 6.45) is 0.898. The van der Waals surface area contributed by atoms with Crippen LogP contribution in [0.25, 0.3) is 10.9 Å². The third-order valence-electron chi connectivity index (χ3n) is 2.35. The van der Waals surface area contributed by atoms with E-state index in [-0.39, 0.29) is 13.2 Å². The summed E-state index contributed by atoms with van der Waals surface area (Å²) in [5, 5.41) is 28.5. The number of aliphatic hydroxyl groups is 2. The van der Waals surface area contributed by atoms with Crippen LogP contribution >= 0.6 is 0 Å². The van der Waals surface area contributed by atoms with E-state index in [1.165, 1.54) is 0 Å². The van der Waals surface area contributed by atoms with E-state index in [9.17, 15) is 5.11 Å². The molecule has 0 bridgehead atoms. The quantitative estimate of drug-likeness (QED) is 0.465. The number of hydrogen-bond acceptors (Lipinski definition) is 5. The SMILES string of the molecule is Nc1cc2cn[nH]c2cc1NCC(O)CO. The van der Waals surface area contributed by atoms with Crippen LogP contribution in [-0.4, -0.2) is 39.7 Å². The van der Waals surface area contributed by atoms with Crippen LogP contribution in [0.3, 0.4) is 0 Å². The summed E-state index contributed by atoms with van der Waals surface area (Å²) < 4.78 is 0. The average molecular weight is 222 g/mol. The second-order valence-corrected chi connectivity index (χ2v) is 3.61. The molecule has 2 aromatic rings. The van der Waals surface area contributed by atoms with Crippen molar-refractivity contribution in [3.05, 3.63) is 18.3 Å². The Kier molecular flexibility index (Phi) is 2.93. The number of benzene rings is 1. The number of fused-ring (bicyclic) bond motifs is 1. The summed E-state index contributed by atoms with van der Waals surface area (Å²) in [6, 6.07) is 3.62. The first-order chi connectivity index (χ1) is 7.70. The maximum atomic E-state index is 9.21. The van der Waals surface area contributed by atoms with Crippen molar-refractivity contribution in [1.29, 1.82) is 0 Å². The summed E-state index contributed by atoms with van der Waals surface area (Å²) in [5.74, 6) is 0. The molecule has 2 rings (SSSR count). The highest BCUT2D eigenvalue weighted by Gasteiger charge is 2.06. The number of nitrogens with two attached hydrogens (primary N) is 1. The number of hydrogen-bond donors (Lipinski definition) is 5.